The van der Waals surface area contributed by atoms with Crippen LogP contribution in [-0.2, 0) is 27.7 Å². The Morgan fingerprint density at radius 1 is 1.18 bits per heavy atom. The molecule has 10 heteroatoms. The van der Waals surface area contributed by atoms with Crippen LogP contribution in [0, 0.1) is 6.92 Å². The Morgan fingerprint density at radius 2 is 2.03 bits per heavy atom. The fourth-order valence-corrected chi connectivity index (χ4v) is 7.29. The lowest BCUT2D eigenvalue weighted by molar-refractivity contribution is -0.0165. The molecule has 0 saturated carbocycles. The van der Waals surface area contributed by atoms with Crippen molar-refractivity contribution in [3.8, 4) is 17.2 Å². The summed E-state index contributed by atoms with van der Waals surface area (Å²) in [5, 5.41) is 0. The van der Waals surface area contributed by atoms with Gasteiger partial charge in [-0.25, -0.2) is 8.42 Å². The minimum atomic E-state index is -3.02. The first-order valence-corrected chi connectivity index (χ1v) is 13.6. The summed E-state index contributed by atoms with van der Waals surface area (Å²) in [4.78, 5) is 15.4. The fraction of sp³-hybridized carbons (Fsp3) is 0.375. The third-order valence-electron chi connectivity index (χ3n) is 6.67. The van der Waals surface area contributed by atoms with E-state index in [0.717, 1.165) is 26.7 Å². The maximum absolute atomic E-state index is 13.4. The number of rotatable bonds is 2. The second kappa shape index (κ2) is 8.08. The molecule has 2 aromatic rings. The molecule has 8 nitrogen and oxygen atoms in total. The summed E-state index contributed by atoms with van der Waals surface area (Å²) in [5.74, 6) is 2.17. The number of sulfone groups is 1. The van der Waals surface area contributed by atoms with Crippen molar-refractivity contribution in [1.82, 2.24) is 4.90 Å². The van der Waals surface area contributed by atoms with Crippen molar-refractivity contribution in [1.29, 1.82) is 0 Å². The number of nitrogens with zero attached hydrogens (tertiary/aromatic N) is 1. The van der Waals surface area contributed by atoms with E-state index >= 15 is 0 Å². The van der Waals surface area contributed by atoms with Crippen LogP contribution in [0.15, 0.2) is 28.4 Å². The van der Waals surface area contributed by atoms with Gasteiger partial charge in [0.05, 0.1) is 29.2 Å². The summed E-state index contributed by atoms with van der Waals surface area (Å²) < 4.78 is 48.0. The third kappa shape index (κ3) is 3.73. The average molecular weight is 548 g/mol. The topological polar surface area (TPSA) is 91.4 Å². The quantitative estimate of drug-likeness (QED) is 0.527. The van der Waals surface area contributed by atoms with Crippen LogP contribution in [-0.4, -0.2) is 50.2 Å². The van der Waals surface area contributed by atoms with E-state index in [0.29, 0.717) is 49.1 Å². The van der Waals surface area contributed by atoms with E-state index in [-0.39, 0.29) is 35.9 Å². The highest BCUT2D eigenvalue weighted by Gasteiger charge is 2.39. The molecule has 34 heavy (non-hydrogen) atoms. The maximum atomic E-state index is 13.4. The predicted octanol–water partition coefficient (Wildman–Crippen LogP) is 3.58. The molecule has 4 aliphatic rings. The zero-order valence-electron chi connectivity index (χ0n) is 18.4. The summed E-state index contributed by atoms with van der Waals surface area (Å²) >= 11 is 3.51. The highest BCUT2D eigenvalue weighted by molar-refractivity contribution is 9.10. The smallest absolute Gasteiger partial charge is 0.232 e. The number of fused-ring (bicyclic) bond motifs is 4. The Morgan fingerprint density at radius 3 is 2.82 bits per heavy atom. The number of aryl methyl sites for hydroxylation is 1. The molecule has 0 spiro atoms. The lowest BCUT2D eigenvalue weighted by atomic mass is 9.98. The van der Waals surface area contributed by atoms with Crippen molar-refractivity contribution in [3.63, 3.8) is 0 Å². The maximum Gasteiger partial charge on any atom is 0.232 e. The number of ether oxygens (including phenoxy) is 4. The molecular weight excluding hydrogens is 526 g/mol. The largest absolute Gasteiger partial charge is 0.478 e. The number of Topliss-reactive ketones (excluding diaryl/α,β-unsaturated/α-hetero) is 1. The van der Waals surface area contributed by atoms with Crippen LogP contribution >= 0.6 is 15.9 Å². The van der Waals surface area contributed by atoms with Crippen molar-refractivity contribution in [2.45, 2.75) is 32.5 Å². The zero-order chi connectivity index (χ0) is 23.6. The minimum Gasteiger partial charge on any atom is -0.478 e. The Labute approximate surface area is 205 Å². The van der Waals surface area contributed by atoms with Crippen LogP contribution in [0.25, 0.3) is 6.08 Å². The van der Waals surface area contributed by atoms with Crippen molar-refractivity contribution >= 4 is 37.6 Å². The molecule has 1 saturated heterocycles. The molecule has 6 rings (SSSR count). The van der Waals surface area contributed by atoms with Crippen molar-refractivity contribution < 1.29 is 32.2 Å². The van der Waals surface area contributed by atoms with Crippen molar-refractivity contribution in [2.75, 3.05) is 25.0 Å². The molecule has 4 aliphatic heterocycles. The van der Waals surface area contributed by atoms with Crippen LogP contribution in [0.3, 0.4) is 0 Å². The highest BCUT2D eigenvalue weighted by Crippen LogP contribution is 2.45. The lowest BCUT2D eigenvalue weighted by Gasteiger charge is -2.33. The number of benzene rings is 2. The first-order valence-electron chi connectivity index (χ1n) is 11.0. The first kappa shape index (κ1) is 22.1. The van der Waals surface area contributed by atoms with Gasteiger partial charge in [-0.15, -0.1) is 0 Å². The number of ketones is 1. The van der Waals surface area contributed by atoms with E-state index in [1.54, 1.807) is 6.08 Å². The Balaban J connectivity index is 1.36. The lowest BCUT2D eigenvalue weighted by Crippen LogP contribution is -2.41. The van der Waals surface area contributed by atoms with Crippen LogP contribution < -0.4 is 14.2 Å². The molecule has 0 amide bonds. The molecule has 0 bridgehead atoms. The molecule has 0 radical (unpaired) electrons. The second-order valence-corrected chi connectivity index (χ2v) is 12.1. The molecule has 0 aromatic heterocycles. The summed E-state index contributed by atoms with van der Waals surface area (Å²) in [6.45, 7) is 3.22. The van der Waals surface area contributed by atoms with Crippen LogP contribution in [0.5, 0.6) is 17.2 Å². The molecule has 2 aromatic carbocycles. The van der Waals surface area contributed by atoms with Crippen molar-refractivity contribution in [2.24, 2.45) is 0 Å². The van der Waals surface area contributed by atoms with E-state index in [9.17, 15) is 13.2 Å². The van der Waals surface area contributed by atoms with Gasteiger partial charge in [0.15, 0.2) is 22.4 Å². The van der Waals surface area contributed by atoms with Crippen LogP contribution in [0.1, 0.15) is 39.0 Å². The molecule has 0 N–H and O–H groups in total. The van der Waals surface area contributed by atoms with E-state index in [2.05, 4.69) is 15.9 Å². The average Bonchev–Trinajstić information content (AvgIpc) is 3.33. The van der Waals surface area contributed by atoms with Crippen LogP contribution in [0.4, 0.5) is 0 Å². The molecule has 178 valence electrons. The van der Waals surface area contributed by atoms with Gasteiger partial charge >= 0.3 is 0 Å². The van der Waals surface area contributed by atoms with E-state index < -0.39 is 9.84 Å². The van der Waals surface area contributed by atoms with Gasteiger partial charge in [-0.2, -0.15) is 0 Å². The number of carbonyl (C=O) groups excluding carboxylic acids is 1. The summed E-state index contributed by atoms with van der Waals surface area (Å²) in [7, 11) is -3.02. The SMILES string of the molecule is Cc1cc2c(c3c1C(=O)/C(=C/c1cc(Br)cc4c1OCOC4)O3)CN(C1CCS(=O)(=O)C1)CO2. The summed E-state index contributed by atoms with van der Waals surface area (Å²) in [5.41, 5.74) is 3.68. The summed E-state index contributed by atoms with van der Waals surface area (Å²) in [6, 6.07) is 5.57. The molecule has 1 unspecified atom stereocenters. The van der Waals surface area contributed by atoms with E-state index in [1.165, 1.54) is 0 Å². The molecule has 1 atom stereocenters. The van der Waals surface area contributed by atoms with Gasteiger partial charge in [0.25, 0.3) is 0 Å². The van der Waals surface area contributed by atoms with Gasteiger partial charge in [0.2, 0.25) is 5.78 Å². The standard InChI is InChI=1S/C24H22BrNO7S/c1-13-4-19-18(8-26(11-31-19)17-2-3-34(28,29)10-17)24-21(13)22(27)20(33-24)7-14-5-16(25)6-15-9-30-12-32-23(14)15/h4-7,17H,2-3,8-12H2,1H3/b20-7-. The number of halogens is 1. The van der Waals surface area contributed by atoms with Gasteiger partial charge in [-0.3, -0.25) is 9.69 Å². The highest BCUT2D eigenvalue weighted by atomic mass is 79.9. The molecule has 0 aliphatic carbocycles. The minimum absolute atomic E-state index is 0.102. The van der Waals surface area contributed by atoms with E-state index in [4.69, 9.17) is 18.9 Å². The number of hydrogen-bond acceptors (Lipinski definition) is 8. The van der Waals surface area contributed by atoms with Gasteiger partial charge in [0, 0.05) is 28.2 Å². The first-order chi connectivity index (χ1) is 16.3. The Bertz CT molecular complexity index is 1370. The fourth-order valence-electron chi connectivity index (χ4n) is 5.00. The molecule has 4 heterocycles. The summed E-state index contributed by atoms with van der Waals surface area (Å²) in [6.07, 6.45) is 2.28. The Hall–Kier alpha value is -2.40. The number of carbonyl (C=O) groups is 1. The molecule has 1 fully saturated rings. The van der Waals surface area contributed by atoms with Crippen molar-refractivity contribution in [3.05, 3.63) is 56.2 Å². The Kier molecular flexibility index (Phi) is 5.25. The number of allylic oxidation sites excluding steroid dienone is 1. The monoisotopic (exact) mass is 547 g/mol. The number of hydrogen-bond donors (Lipinski definition) is 0. The van der Waals surface area contributed by atoms with Gasteiger partial charge in [-0.05, 0) is 43.2 Å². The second-order valence-electron chi connectivity index (χ2n) is 8.99. The zero-order valence-corrected chi connectivity index (χ0v) is 20.8. The predicted molar refractivity (Wildman–Crippen MR) is 127 cm³/mol. The third-order valence-corrected chi connectivity index (χ3v) is 8.87. The van der Waals surface area contributed by atoms with Gasteiger partial charge in [0.1, 0.15) is 24.0 Å². The van der Waals surface area contributed by atoms with Gasteiger partial charge < -0.3 is 18.9 Å². The van der Waals surface area contributed by atoms with E-state index in [1.807, 2.05) is 30.0 Å². The molecular formula is C24H22BrNO7S. The van der Waals surface area contributed by atoms with Gasteiger partial charge in [-0.1, -0.05) is 15.9 Å². The normalized spacial score (nSPS) is 24.1. The van der Waals surface area contributed by atoms with Crippen LogP contribution in [0.2, 0.25) is 0 Å².